The average molecular weight is 247 g/mol. The zero-order chi connectivity index (χ0) is 13.0. The van der Waals surface area contributed by atoms with Crippen LogP contribution < -0.4 is 5.32 Å². The lowest BCUT2D eigenvalue weighted by atomic mass is 9.83. The molecular weight excluding hydrogens is 230 g/mol. The molecule has 1 aromatic rings. The first-order valence-electron chi connectivity index (χ1n) is 6.24. The molecule has 96 valence electrons. The van der Waals surface area contributed by atoms with E-state index in [0.717, 1.165) is 12.8 Å². The number of hydrogen-bond donors (Lipinski definition) is 2. The molecule has 0 aliphatic heterocycles. The van der Waals surface area contributed by atoms with Crippen molar-refractivity contribution < 1.29 is 14.7 Å². The van der Waals surface area contributed by atoms with E-state index < -0.39 is 12.0 Å². The Morgan fingerprint density at radius 3 is 2.44 bits per heavy atom. The first kappa shape index (κ1) is 12.6. The van der Waals surface area contributed by atoms with E-state index in [1.165, 1.54) is 6.42 Å². The van der Waals surface area contributed by atoms with Gasteiger partial charge in [-0.2, -0.15) is 0 Å². The number of aliphatic carboxylic acids is 1. The molecule has 1 saturated carbocycles. The SMILES string of the molecule is O=C(CC1CCC1)NC(C(=O)O)c1ccccc1. The molecule has 18 heavy (non-hydrogen) atoms. The van der Waals surface area contributed by atoms with Crippen LogP contribution in [0, 0.1) is 5.92 Å². The average Bonchev–Trinajstić information content (AvgIpc) is 2.31. The van der Waals surface area contributed by atoms with Crippen LogP contribution in [-0.2, 0) is 9.59 Å². The third kappa shape index (κ3) is 3.09. The number of carbonyl (C=O) groups is 2. The number of benzene rings is 1. The molecule has 0 aromatic heterocycles. The second kappa shape index (κ2) is 5.67. The molecule has 0 saturated heterocycles. The molecule has 0 radical (unpaired) electrons. The van der Waals surface area contributed by atoms with Crippen LogP contribution in [0.15, 0.2) is 30.3 Å². The fourth-order valence-corrected chi connectivity index (χ4v) is 2.11. The van der Waals surface area contributed by atoms with E-state index in [-0.39, 0.29) is 5.91 Å². The third-order valence-electron chi connectivity index (χ3n) is 3.38. The van der Waals surface area contributed by atoms with Gasteiger partial charge in [-0.15, -0.1) is 0 Å². The lowest BCUT2D eigenvalue weighted by Gasteiger charge is -2.25. The summed E-state index contributed by atoms with van der Waals surface area (Å²) >= 11 is 0. The molecule has 1 aromatic carbocycles. The predicted molar refractivity (Wildman–Crippen MR) is 66.9 cm³/mol. The molecule has 4 heteroatoms. The Morgan fingerprint density at radius 1 is 1.28 bits per heavy atom. The number of carbonyl (C=O) groups excluding carboxylic acids is 1. The van der Waals surface area contributed by atoms with Gasteiger partial charge in [-0.05, 0) is 24.3 Å². The van der Waals surface area contributed by atoms with Crippen molar-refractivity contribution >= 4 is 11.9 Å². The topological polar surface area (TPSA) is 66.4 Å². The van der Waals surface area contributed by atoms with Crippen molar-refractivity contribution in [2.45, 2.75) is 31.7 Å². The summed E-state index contributed by atoms with van der Waals surface area (Å²) in [6, 6.07) is 7.83. The number of nitrogens with one attached hydrogen (secondary N) is 1. The molecule has 1 aliphatic carbocycles. The zero-order valence-corrected chi connectivity index (χ0v) is 10.1. The van der Waals surface area contributed by atoms with Crippen LogP contribution >= 0.6 is 0 Å². The maximum atomic E-state index is 11.8. The number of hydrogen-bond acceptors (Lipinski definition) is 2. The van der Waals surface area contributed by atoms with Gasteiger partial charge in [0, 0.05) is 6.42 Å². The highest BCUT2D eigenvalue weighted by atomic mass is 16.4. The van der Waals surface area contributed by atoms with Crippen LogP contribution in [0.1, 0.15) is 37.3 Å². The molecule has 2 rings (SSSR count). The number of amides is 1. The maximum absolute atomic E-state index is 11.8. The van der Waals surface area contributed by atoms with Crippen LogP contribution in [0.25, 0.3) is 0 Å². The third-order valence-corrected chi connectivity index (χ3v) is 3.38. The molecule has 2 N–H and O–H groups in total. The molecule has 0 bridgehead atoms. The summed E-state index contributed by atoms with van der Waals surface area (Å²) in [4.78, 5) is 22.9. The second-order valence-corrected chi connectivity index (χ2v) is 4.75. The van der Waals surface area contributed by atoms with Crippen molar-refractivity contribution in [3.63, 3.8) is 0 Å². The van der Waals surface area contributed by atoms with Crippen LogP contribution in [0.3, 0.4) is 0 Å². The number of carboxylic acid groups (broad SMARTS) is 1. The minimum atomic E-state index is -1.02. The largest absolute Gasteiger partial charge is 0.479 e. The van der Waals surface area contributed by atoms with Gasteiger partial charge in [0.2, 0.25) is 5.91 Å². The second-order valence-electron chi connectivity index (χ2n) is 4.75. The maximum Gasteiger partial charge on any atom is 0.330 e. The van der Waals surface area contributed by atoms with E-state index in [1.807, 2.05) is 6.07 Å². The number of rotatable bonds is 5. The summed E-state index contributed by atoms with van der Waals surface area (Å²) in [6.45, 7) is 0. The summed E-state index contributed by atoms with van der Waals surface area (Å²) in [5.41, 5.74) is 0.604. The highest BCUT2D eigenvalue weighted by Crippen LogP contribution is 2.29. The van der Waals surface area contributed by atoms with Crippen LogP contribution in [-0.4, -0.2) is 17.0 Å². The van der Waals surface area contributed by atoms with Gasteiger partial charge in [0.25, 0.3) is 0 Å². The smallest absolute Gasteiger partial charge is 0.330 e. The molecule has 1 unspecified atom stereocenters. The molecule has 1 fully saturated rings. The molecule has 0 heterocycles. The van der Waals surface area contributed by atoms with Gasteiger partial charge >= 0.3 is 5.97 Å². The minimum absolute atomic E-state index is 0.170. The minimum Gasteiger partial charge on any atom is -0.479 e. The van der Waals surface area contributed by atoms with E-state index in [9.17, 15) is 9.59 Å². The van der Waals surface area contributed by atoms with Gasteiger partial charge in [-0.25, -0.2) is 4.79 Å². The summed E-state index contributed by atoms with van der Waals surface area (Å²) in [6.07, 6.45) is 3.78. The van der Waals surface area contributed by atoms with Crippen molar-refractivity contribution in [3.05, 3.63) is 35.9 Å². The van der Waals surface area contributed by atoms with E-state index in [2.05, 4.69) is 5.32 Å². The lowest BCUT2D eigenvalue weighted by molar-refractivity contribution is -0.142. The molecular formula is C14H17NO3. The van der Waals surface area contributed by atoms with Crippen LogP contribution in [0.4, 0.5) is 0 Å². The quantitative estimate of drug-likeness (QED) is 0.837. The fourth-order valence-electron chi connectivity index (χ4n) is 2.11. The van der Waals surface area contributed by atoms with Crippen LogP contribution in [0.2, 0.25) is 0 Å². The summed E-state index contributed by atoms with van der Waals surface area (Å²) < 4.78 is 0. The lowest BCUT2D eigenvalue weighted by Crippen LogP contribution is -2.35. The molecule has 1 amide bonds. The first-order chi connectivity index (χ1) is 8.66. The van der Waals surface area contributed by atoms with E-state index >= 15 is 0 Å². The fraction of sp³-hybridized carbons (Fsp3) is 0.429. The zero-order valence-electron chi connectivity index (χ0n) is 10.1. The van der Waals surface area contributed by atoms with Gasteiger partial charge in [-0.3, -0.25) is 4.79 Å². The predicted octanol–water partition coefficient (Wildman–Crippen LogP) is 2.12. The van der Waals surface area contributed by atoms with Crippen molar-refractivity contribution in [2.75, 3.05) is 0 Å². The number of carboxylic acids is 1. The van der Waals surface area contributed by atoms with Gasteiger partial charge < -0.3 is 10.4 Å². The van der Waals surface area contributed by atoms with Gasteiger partial charge in [0.05, 0.1) is 0 Å². The van der Waals surface area contributed by atoms with E-state index in [1.54, 1.807) is 24.3 Å². The Hall–Kier alpha value is -1.84. The van der Waals surface area contributed by atoms with E-state index in [4.69, 9.17) is 5.11 Å². The van der Waals surface area contributed by atoms with Gasteiger partial charge in [0.15, 0.2) is 6.04 Å². The van der Waals surface area contributed by atoms with Crippen molar-refractivity contribution in [1.82, 2.24) is 5.32 Å². The van der Waals surface area contributed by atoms with Gasteiger partial charge in [0.1, 0.15) is 0 Å². The molecule has 1 atom stereocenters. The Labute approximate surface area is 106 Å². The Balaban J connectivity index is 1.98. The summed E-state index contributed by atoms with van der Waals surface area (Å²) in [5, 5.41) is 11.8. The molecule has 0 spiro atoms. The standard InChI is InChI=1S/C14H17NO3/c16-12(9-10-5-4-6-10)15-13(14(17)18)11-7-2-1-3-8-11/h1-3,7-8,10,13H,4-6,9H2,(H,15,16)(H,17,18). The first-order valence-corrected chi connectivity index (χ1v) is 6.24. The monoisotopic (exact) mass is 247 g/mol. The summed E-state index contributed by atoms with van der Waals surface area (Å²) in [7, 11) is 0. The highest BCUT2D eigenvalue weighted by molar-refractivity contribution is 5.84. The molecule has 1 aliphatic rings. The Morgan fingerprint density at radius 2 is 1.94 bits per heavy atom. The Kier molecular flexibility index (Phi) is 3.97. The van der Waals surface area contributed by atoms with Gasteiger partial charge in [-0.1, -0.05) is 36.8 Å². The van der Waals surface area contributed by atoms with Crippen molar-refractivity contribution in [3.8, 4) is 0 Å². The van der Waals surface area contributed by atoms with E-state index in [0.29, 0.717) is 17.9 Å². The van der Waals surface area contributed by atoms with Crippen LogP contribution in [0.5, 0.6) is 0 Å². The highest BCUT2D eigenvalue weighted by Gasteiger charge is 2.25. The normalized spacial score (nSPS) is 16.7. The van der Waals surface area contributed by atoms with Crippen molar-refractivity contribution in [2.24, 2.45) is 5.92 Å². The summed E-state index contributed by atoms with van der Waals surface area (Å²) in [5.74, 6) is -0.755. The molecule has 4 nitrogen and oxygen atoms in total. The van der Waals surface area contributed by atoms with Crippen molar-refractivity contribution in [1.29, 1.82) is 0 Å². The Bertz CT molecular complexity index is 426.